The van der Waals surface area contributed by atoms with Gasteiger partial charge in [-0.05, 0) is 60.7 Å². The van der Waals surface area contributed by atoms with Crippen LogP contribution in [0.1, 0.15) is 60.8 Å². The van der Waals surface area contributed by atoms with Crippen molar-refractivity contribution in [3.8, 4) is 11.4 Å². The van der Waals surface area contributed by atoms with Gasteiger partial charge in [-0.1, -0.05) is 26.0 Å². The predicted octanol–water partition coefficient (Wildman–Crippen LogP) is -1.21. The topological polar surface area (TPSA) is 162 Å². The zero-order chi connectivity index (χ0) is 29.6. The molecule has 10 nitrogen and oxygen atoms in total. The third-order valence-electron chi connectivity index (χ3n) is 6.31. The zero-order valence-electron chi connectivity index (χ0n) is 23.5. The Morgan fingerprint density at radius 2 is 1.66 bits per heavy atom. The summed E-state index contributed by atoms with van der Waals surface area (Å²) in [6, 6.07) is 11.8. The number of benzene rings is 2. The third kappa shape index (κ3) is 9.73. The van der Waals surface area contributed by atoms with E-state index in [1.165, 1.54) is 36.4 Å². The Bertz CT molecular complexity index is 1440. The second kappa shape index (κ2) is 15.0. The van der Waals surface area contributed by atoms with Gasteiger partial charge < -0.3 is 30.0 Å². The number of aliphatic carboxylic acids is 1. The van der Waals surface area contributed by atoms with E-state index in [0.717, 1.165) is 6.26 Å². The number of aliphatic hydroxyl groups excluding tert-OH is 2. The summed E-state index contributed by atoms with van der Waals surface area (Å²) >= 11 is 0. The second-order valence-electron chi connectivity index (χ2n) is 9.99. The number of aliphatic hydroxyl groups is 2. The molecule has 3 aromatic rings. The van der Waals surface area contributed by atoms with Crippen molar-refractivity contribution in [3.63, 3.8) is 0 Å². The molecule has 3 N–H and O–H groups in total. The molecule has 0 aliphatic rings. The first-order valence-corrected chi connectivity index (χ1v) is 14.6. The van der Waals surface area contributed by atoms with Crippen LogP contribution in [-0.2, 0) is 27.7 Å². The first kappa shape index (κ1) is 34.6. The van der Waals surface area contributed by atoms with Crippen molar-refractivity contribution in [1.29, 1.82) is 0 Å². The van der Waals surface area contributed by atoms with Crippen molar-refractivity contribution < 1.29 is 67.3 Å². The fourth-order valence-electron chi connectivity index (χ4n) is 4.37. The quantitative estimate of drug-likeness (QED) is 0.207. The summed E-state index contributed by atoms with van der Waals surface area (Å²) in [4.78, 5) is 28.8. The molecule has 1 heterocycles. The van der Waals surface area contributed by atoms with Crippen molar-refractivity contribution in [3.05, 3.63) is 71.3 Å². The van der Waals surface area contributed by atoms with E-state index >= 15 is 0 Å². The fourth-order valence-corrected chi connectivity index (χ4v) is 5.00. The van der Waals surface area contributed by atoms with E-state index in [-0.39, 0.29) is 72.0 Å². The van der Waals surface area contributed by atoms with Crippen LogP contribution in [0.15, 0.2) is 53.4 Å². The number of hydrogen-bond acceptors (Lipinski definition) is 8. The second-order valence-corrected chi connectivity index (χ2v) is 12.0. The average molecular weight is 598 g/mol. The maximum Gasteiger partial charge on any atom is 1.00 e. The van der Waals surface area contributed by atoms with Crippen LogP contribution in [0.2, 0.25) is 0 Å². The summed E-state index contributed by atoms with van der Waals surface area (Å²) in [7, 11) is -3.35. The maximum atomic E-state index is 13.6. The molecule has 0 spiro atoms. The van der Waals surface area contributed by atoms with E-state index in [9.17, 15) is 37.7 Å². The van der Waals surface area contributed by atoms with E-state index < -0.39 is 46.2 Å². The Morgan fingerprint density at radius 1 is 1.05 bits per heavy atom. The maximum absolute atomic E-state index is 13.6. The molecule has 0 aliphatic heterocycles. The van der Waals surface area contributed by atoms with Gasteiger partial charge >= 0.3 is 29.6 Å². The molecule has 0 aliphatic carbocycles. The first-order valence-electron chi connectivity index (χ1n) is 12.8. The number of carbonyl (C=O) groups excluding carboxylic acids is 2. The van der Waals surface area contributed by atoms with Gasteiger partial charge in [-0.2, -0.15) is 0 Å². The molecule has 3 rings (SSSR count). The minimum absolute atomic E-state index is 0. The van der Waals surface area contributed by atoms with Crippen LogP contribution in [0.3, 0.4) is 0 Å². The monoisotopic (exact) mass is 597 g/mol. The summed E-state index contributed by atoms with van der Waals surface area (Å²) in [6.45, 7) is 4.06. The number of nitrogens with zero attached hydrogens (tertiary/aromatic N) is 2. The molecule has 216 valence electrons. The van der Waals surface area contributed by atoms with Gasteiger partial charge in [-0.15, -0.1) is 0 Å². The molecule has 41 heavy (non-hydrogen) atoms. The van der Waals surface area contributed by atoms with Crippen molar-refractivity contribution in [1.82, 2.24) is 14.9 Å². The van der Waals surface area contributed by atoms with Gasteiger partial charge in [-0.25, -0.2) is 17.8 Å². The molecular weight excluding hydrogens is 564 g/mol. The Hall–Kier alpha value is -2.61. The Morgan fingerprint density at radius 3 is 2.20 bits per heavy atom. The number of halogens is 1. The summed E-state index contributed by atoms with van der Waals surface area (Å²) in [6.07, 6.45) is -1.83. The van der Waals surface area contributed by atoms with Gasteiger partial charge in [0.2, 0.25) is 0 Å². The van der Waals surface area contributed by atoms with Crippen LogP contribution >= 0.6 is 0 Å². The number of carboxylic acid groups (broad SMARTS) is 1. The molecule has 1 amide bonds. The fraction of sp³-hybridized carbons (Fsp3) is 0.393. The summed E-state index contributed by atoms with van der Waals surface area (Å²) in [5.41, 5.74) is 1.95. The molecule has 13 heteroatoms. The van der Waals surface area contributed by atoms with Gasteiger partial charge in [0.1, 0.15) is 17.3 Å². The molecular formula is C28H33FN3NaO7S. The number of nitrogens with one attached hydrogen (secondary N) is 1. The first-order chi connectivity index (χ1) is 18.8. The van der Waals surface area contributed by atoms with Crippen molar-refractivity contribution >= 4 is 21.7 Å². The van der Waals surface area contributed by atoms with Crippen molar-refractivity contribution in [2.45, 2.75) is 69.2 Å². The van der Waals surface area contributed by atoms with E-state index in [1.54, 1.807) is 16.7 Å². The van der Waals surface area contributed by atoms with Crippen LogP contribution < -0.4 is 40.0 Å². The molecule has 0 saturated carbocycles. The van der Waals surface area contributed by atoms with Crippen molar-refractivity contribution in [2.75, 3.05) is 6.26 Å². The molecule has 2 atom stereocenters. The summed E-state index contributed by atoms with van der Waals surface area (Å²) < 4.78 is 38.8. The molecule has 0 fully saturated rings. The number of carboxylic acids is 1. The van der Waals surface area contributed by atoms with Gasteiger partial charge in [0, 0.05) is 37.3 Å². The van der Waals surface area contributed by atoms with E-state index in [0.29, 0.717) is 22.6 Å². The zero-order valence-corrected chi connectivity index (χ0v) is 26.3. The minimum atomic E-state index is -3.35. The average Bonchev–Trinajstić information content (AvgIpc) is 3.25. The van der Waals surface area contributed by atoms with Crippen LogP contribution in [0.25, 0.3) is 11.4 Å². The number of rotatable bonds is 13. The number of aromatic nitrogens is 2. The molecule has 0 saturated heterocycles. The van der Waals surface area contributed by atoms with Crippen molar-refractivity contribution in [2.24, 2.45) is 0 Å². The number of amides is 1. The minimum Gasteiger partial charge on any atom is -0.550 e. The standard InChI is InChI=1S/C28H34FN3O7S.Na/c1-17(2)26-25(28(37)30-16-18-4-10-23(11-5-18)40(3,38)39)31-27(19-6-8-20(29)9-7-19)32(26)13-12-21(33)14-22(34)15-24(35)36;/h4-11,17,21-22,33-34H,12-16H2,1-3H3,(H,30,37)(H,35,36);/q;+1/p-1/t21-,22-;/m1./s1. The number of imidazole rings is 1. The number of sulfone groups is 1. The van der Waals surface area contributed by atoms with Gasteiger partial charge in [0.05, 0.1) is 22.8 Å². The van der Waals surface area contributed by atoms with E-state index in [2.05, 4.69) is 10.3 Å². The van der Waals surface area contributed by atoms with Crippen LogP contribution in [-0.4, -0.2) is 58.5 Å². The smallest absolute Gasteiger partial charge is 0.550 e. The van der Waals surface area contributed by atoms with Crippen LogP contribution in [0.4, 0.5) is 4.39 Å². The molecule has 1 aromatic heterocycles. The summed E-state index contributed by atoms with van der Waals surface area (Å²) in [5, 5.41) is 33.8. The Labute approximate surface area is 260 Å². The third-order valence-corrected chi connectivity index (χ3v) is 7.44. The van der Waals surface area contributed by atoms with Crippen LogP contribution in [0.5, 0.6) is 0 Å². The van der Waals surface area contributed by atoms with Gasteiger partial charge in [0.25, 0.3) is 5.91 Å². The number of carbonyl (C=O) groups is 2. The van der Waals surface area contributed by atoms with Crippen LogP contribution in [0, 0.1) is 5.82 Å². The predicted molar refractivity (Wildman–Crippen MR) is 143 cm³/mol. The molecule has 2 aromatic carbocycles. The van der Waals surface area contributed by atoms with E-state index in [1.807, 2.05) is 13.8 Å². The van der Waals surface area contributed by atoms with Gasteiger partial charge in [-0.3, -0.25) is 4.79 Å². The van der Waals surface area contributed by atoms with Gasteiger partial charge in [0.15, 0.2) is 9.84 Å². The molecule has 0 radical (unpaired) electrons. The number of hydrogen-bond donors (Lipinski definition) is 3. The Balaban J connectivity index is 0.00000588. The SMILES string of the molecule is CC(C)c1c(C(=O)NCc2ccc(S(C)(=O)=O)cc2)nc(-c2ccc(F)cc2)n1CC[C@@H](O)C[C@@H](O)CC(=O)[O-].[Na+]. The Kier molecular flexibility index (Phi) is 12.7. The molecule has 0 unspecified atom stereocenters. The largest absolute Gasteiger partial charge is 1.00 e. The molecule has 0 bridgehead atoms. The normalized spacial score (nSPS) is 13.0. The summed E-state index contributed by atoms with van der Waals surface area (Å²) in [5.74, 6) is -2.13. The van der Waals surface area contributed by atoms with E-state index in [4.69, 9.17) is 0 Å².